The van der Waals surface area contributed by atoms with Crippen LogP contribution in [0, 0.1) is 17.8 Å². The number of hydrogen-bond donors (Lipinski definition) is 5. The average Bonchev–Trinajstić information content (AvgIpc) is 3.54. The highest BCUT2D eigenvalue weighted by Gasteiger charge is 2.31. The van der Waals surface area contributed by atoms with Crippen LogP contribution in [0.5, 0.6) is 0 Å². The molecule has 10 heteroatoms. The molecule has 5 atom stereocenters. The van der Waals surface area contributed by atoms with Gasteiger partial charge < -0.3 is 30.8 Å². The van der Waals surface area contributed by atoms with Gasteiger partial charge in [0.25, 0.3) is 0 Å². The Bertz CT molecular complexity index is 1140. The lowest BCUT2D eigenvalue weighted by atomic mass is 9.81. The molecule has 0 saturated heterocycles. The van der Waals surface area contributed by atoms with Crippen molar-refractivity contribution in [3.05, 3.63) is 54.1 Å². The molecule has 1 aromatic carbocycles. The average molecular weight is 626 g/mol. The van der Waals surface area contributed by atoms with Gasteiger partial charge in [0.2, 0.25) is 11.8 Å². The number of amides is 2. The number of aliphatic hydroxyl groups is 1. The number of hydrogen-bond acceptors (Lipinski definition) is 7. The number of aliphatic hydroxyl groups excluding tert-OH is 1. The van der Waals surface area contributed by atoms with E-state index >= 15 is 0 Å². The first-order chi connectivity index (χ1) is 21.7. The molecule has 1 aliphatic rings. The molecule has 5 N–H and O–H groups in total. The Kier molecular flexibility index (Phi) is 15.6. The molecule has 3 rings (SSSR count). The van der Waals surface area contributed by atoms with Gasteiger partial charge in [-0.05, 0) is 56.4 Å². The first-order valence-electron chi connectivity index (χ1n) is 16.8. The summed E-state index contributed by atoms with van der Waals surface area (Å²) in [5.74, 6) is -0.284. The maximum atomic E-state index is 13.8. The van der Waals surface area contributed by atoms with Crippen molar-refractivity contribution in [1.82, 2.24) is 25.9 Å². The summed E-state index contributed by atoms with van der Waals surface area (Å²) in [5.41, 5.74) is 1.65. The van der Waals surface area contributed by atoms with Crippen molar-refractivity contribution < 1.29 is 24.2 Å². The van der Waals surface area contributed by atoms with E-state index in [1.807, 2.05) is 37.3 Å². The molecule has 1 heterocycles. The third kappa shape index (κ3) is 13.0. The summed E-state index contributed by atoms with van der Waals surface area (Å²) in [5, 5.41) is 20.2. The van der Waals surface area contributed by atoms with Gasteiger partial charge in [0.1, 0.15) is 6.04 Å². The molecule has 250 valence electrons. The van der Waals surface area contributed by atoms with Crippen molar-refractivity contribution in [2.45, 2.75) is 123 Å². The van der Waals surface area contributed by atoms with Crippen LogP contribution in [0.25, 0.3) is 0 Å². The predicted molar refractivity (Wildman–Crippen MR) is 175 cm³/mol. The lowest BCUT2D eigenvalue weighted by Crippen LogP contribution is -2.56. The Morgan fingerprint density at radius 1 is 1.02 bits per heavy atom. The second-order valence-electron chi connectivity index (χ2n) is 12.9. The van der Waals surface area contributed by atoms with Crippen LogP contribution in [-0.2, 0) is 32.1 Å². The van der Waals surface area contributed by atoms with E-state index in [0.717, 1.165) is 18.4 Å². The molecule has 0 radical (unpaired) electrons. The Balaban J connectivity index is 1.67. The van der Waals surface area contributed by atoms with E-state index in [1.54, 1.807) is 13.1 Å². The number of nitrogens with one attached hydrogen (secondary N) is 4. The fourth-order valence-corrected chi connectivity index (χ4v) is 6.40. The SMILES string of the molecule is CCOC(=O)CC(NCc1ccccc1)C(=O)N[C@H](Cc1cnc[nH]1)C(=O)N[C@@H](C)[C@@H](C[C@@H](O)CCC1CCCCC1)C(C)C. The normalized spacial score (nSPS) is 17.2. The second kappa shape index (κ2) is 19.3. The molecule has 0 spiro atoms. The minimum absolute atomic E-state index is 0.0583. The number of nitrogens with zero attached hydrogens (tertiary/aromatic N) is 1. The fourth-order valence-electron chi connectivity index (χ4n) is 6.40. The number of carbonyl (C=O) groups is 3. The van der Waals surface area contributed by atoms with Crippen LogP contribution in [0.4, 0.5) is 0 Å². The quantitative estimate of drug-likeness (QED) is 0.145. The zero-order valence-electron chi connectivity index (χ0n) is 27.6. The van der Waals surface area contributed by atoms with E-state index in [1.165, 1.54) is 38.4 Å². The molecule has 45 heavy (non-hydrogen) atoms. The van der Waals surface area contributed by atoms with Gasteiger partial charge in [0.15, 0.2) is 0 Å². The van der Waals surface area contributed by atoms with E-state index < -0.39 is 30.1 Å². The van der Waals surface area contributed by atoms with Crippen LogP contribution in [0.2, 0.25) is 0 Å². The summed E-state index contributed by atoms with van der Waals surface area (Å²) in [4.78, 5) is 46.8. The van der Waals surface area contributed by atoms with Crippen molar-refractivity contribution in [2.75, 3.05) is 6.61 Å². The van der Waals surface area contributed by atoms with Crippen molar-refractivity contribution >= 4 is 17.8 Å². The predicted octanol–water partition coefficient (Wildman–Crippen LogP) is 4.44. The monoisotopic (exact) mass is 625 g/mol. The lowest BCUT2D eigenvalue weighted by Gasteiger charge is -2.32. The molecular formula is C35H55N5O5. The smallest absolute Gasteiger partial charge is 0.307 e. The summed E-state index contributed by atoms with van der Waals surface area (Å²) < 4.78 is 5.12. The van der Waals surface area contributed by atoms with E-state index in [4.69, 9.17) is 4.74 Å². The highest BCUT2D eigenvalue weighted by Crippen LogP contribution is 2.29. The van der Waals surface area contributed by atoms with Crippen molar-refractivity contribution in [1.29, 1.82) is 0 Å². The fraction of sp³-hybridized carbons (Fsp3) is 0.657. The number of imidazole rings is 1. The molecule has 10 nitrogen and oxygen atoms in total. The van der Waals surface area contributed by atoms with Crippen LogP contribution in [0.15, 0.2) is 42.9 Å². The van der Waals surface area contributed by atoms with E-state index in [9.17, 15) is 19.5 Å². The molecule has 1 fully saturated rings. The Labute approximate surface area is 268 Å². The van der Waals surface area contributed by atoms with Gasteiger partial charge in [-0.3, -0.25) is 14.4 Å². The molecule has 2 amide bonds. The molecule has 2 aromatic rings. The van der Waals surface area contributed by atoms with Gasteiger partial charge in [0.05, 0.1) is 31.5 Å². The summed E-state index contributed by atoms with van der Waals surface area (Å²) in [6, 6.07) is 7.55. The molecular weight excluding hydrogens is 570 g/mol. The topological polar surface area (TPSA) is 145 Å². The maximum absolute atomic E-state index is 13.8. The van der Waals surface area contributed by atoms with Gasteiger partial charge in [0, 0.05) is 30.9 Å². The number of aromatic amines is 1. The van der Waals surface area contributed by atoms with Crippen LogP contribution < -0.4 is 16.0 Å². The van der Waals surface area contributed by atoms with E-state index in [-0.39, 0.29) is 43.2 Å². The molecule has 1 unspecified atom stereocenters. The molecule has 1 aromatic heterocycles. The molecule has 0 aliphatic heterocycles. The van der Waals surface area contributed by atoms with E-state index in [2.05, 4.69) is 39.8 Å². The zero-order valence-corrected chi connectivity index (χ0v) is 27.6. The Morgan fingerprint density at radius 3 is 2.38 bits per heavy atom. The minimum atomic E-state index is -0.910. The minimum Gasteiger partial charge on any atom is -0.466 e. The largest absolute Gasteiger partial charge is 0.466 e. The van der Waals surface area contributed by atoms with Gasteiger partial charge in [-0.25, -0.2) is 4.98 Å². The maximum Gasteiger partial charge on any atom is 0.307 e. The number of carbonyl (C=O) groups excluding carboxylic acids is 3. The van der Waals surface area contributed by atoms with Crippen LogP contribution in [0.3, 0.4) is 0 Å². The van der Waals surface area contributed by atoms with Crippen molar-refractivity contribution in [2.24, 2.45) is 17.8 Å². The number of aromatic nitrogens is 2. The Morgan fingerprint density at radius 2 is 1.73 bits per heavy atom. The molecule has 0 bridgehead atoms. The zero-order chi connectivity index (χ0) is 32.6. The second-order valence-corrected chi connectivity index (χ2v) is 12.9. The van der Waals surface area contributed by atoms with Crippen LogP contribution in [-0.4, -0.2) is 63.7 Å². The first kappa shape index (κ1) is 36.2. The van der Waals surface area contributed by atoms with Gasteiger partial charge >= 0.3 is 5.97 Å². The van der Waals surface area contributed by atoms with Gasteiger partial charge in [-0.1, -0.05) is 76.3 Å². The summed E-state index contributed by atoms with van der Waals surface area (Å²) in [6.45, 7) is 8.49. The van der Waals surface area contributed by atoms with Crippen LogP contribution >= 0.6 is 0 Å². The number of esters is 1. The van der Waals surface area contributed by atoms with Gasteiger partial charge in [-0.15, -0.1) is 0 Å². The lowest BCUT2D eigenvalue weighted by molar-refractivity contribution is -0.145. The summed E-state index contributed by atoms with van der Waals surface area (Å²) in [7, 11) is 0. The summed E-state index contributed by atoms with van der Waals surface area (Å²) >= 11 is 0. The van der Waals surface area contributed by atoms with Gasteiger partial charge in [-0.2, -0.15) is 0 Å². The number of H-pyrrole nitrogens is 1. The number of benzene rings is 1. The molecule has 1 saturated carbocycles. The standard InChI is InChI=1S/C35H55N5O5/c1-5-45-33(42)20-31(37-21-27-14-10-7-11-15-27)34(43)40-32(18-28-22-36-23-38-28)35(44)39-25(4)30(24(2)3)19-29(41)17-16-26-12-8-6-9-13-26/h7,10-11,14-15,22-26,29-32,37,41H,5-6,8-9,12-13,16-21H2,1-4H3,(H,36,38)(H,39,44)(H,40,43)/t25-,29-,30-,31?,32+/m0/s1. The summed E-state index contributed by atoms with van der Waals surface area (Å²) in [6.07, 6.45) is 11.6. The highest BCUT2D eigenvalue weighted by atomic mass is 16.5. The van der Waals surface area contributed by atoms with Crippen molar-refractivity contribution in [3.8, 4) is 0 Å². The molecule has 1 aliphatic carbocycles. The van der Waals surface area contributed by atoms with Crippen LogP contribution in [0.1, 0.15) is 96.7 Å². The highest BCUT2D eigenvalue weighted by molar-refractivity contribution is 5.92. The number of rotatable bonds is 19. The van der Waals surface area contributed by atoms with Crippen molar-refractivity contribution in [3.63, 3.8) is 0 Å². The number of ether oxygens (including phenoxy) is 1. The third-order valence-electron chi connectivity index (χ3n) is 9.05. The van der Waals surface area contributed by atoms with E-state index in [0.29, 0.717) is 24.6 Å². The first-order valence-corrected chi connectivity index (χ1v) is 16.8. The Hall–Kier alpha value is -3.24. The third-order valence-corrected chi connectivity index (χ3v) is 9.05.